The molecule has 0 amide bonds. The molecular formula is C14H10INO3. The number of carboxylic acid groups (broad SMARTS) is 1. The summed E-state index contributed by atoms with van der Waals surface area (Å²) in [6, 6.07) is 5.84. The third kappa shape index (κ3) is 1.80. The van der Waals surface area contributed by atoms with Crippen molar-refractivity contribution in [3.8, 4) is 0 Å². The molecule has 96 valence electrons. The summed E-state index contributed by atoms with van der Waals surface area (Å²) < 4.78 is 6.62. The van der Waals surface area contributed by atoms with E-state index < -0.39 is 5.97 Å². The second kappa shape index (κ2) is 4.19. The van der Waals surface area contributed by atoms with E-state index in [0.717, 1.165) is 25.6 Å². The minimum atomic E-state index is -1.05. The highest BCUT2D eigenvalue weighted by atomic mass is 127. The fourth-order valence-electron chi connectivity index (χ4n) is 2.37. The first-order valence-electron chi connectivity index (χ1n) is 5.71. The molecular weight excluding hydrogens is 357 g/mol. The molecule has 0 fully saturated rings. The van der Waals surface area contributed by atoms with E-state index in [2.05, 4.69) is 27.6 Å². The summed E-state index contributed by atoms with van der Waals surface area (Å²) in [4.78, 5) is 15.7. The number of hydrogen-bond donors (Lipinski definition) is 1. The number of carbonyl (C=O) groups is 1. The van der Waals surface area contributed by atoms with Gasteiger partial charge in [-0.1, -0.05) is 0 Å². The van der Waals surface area contributed by atoms with Gasteiger partial charge in [0.2, 0.25) is 5.76 Å². The van der Waals surface area contributed by atoms with Crippen molar-refractivity contribution in [1.82, 2.24) is 4.98 Å². The van der Waals surface area contributed by atoms with Gasteiger partial charge in [0.1, 0.15) is 5.58 Å². The first-order chi connectivity index (χ1) is 8.99. The lowest BCUT2D eigenvalue weighted by atomic mass is 10.1. The highest BCUT2D eigenvalue weighted by Crippen LogP contribution is 2.33. The van der Waals surface area contributed by atoms with Gasteiger partial charge in [0, 0.05) is 25.6 Å². The molecule has 2 heterocycles. The molecule has 4 nitrogen and oxygen atoms in total. The zero-order valence-corrected chi connectivity index (χ0v) is 12.5. The number of furan rings is 1. The van der Waals surface area contributed by atoms with Crippen LogP contribution in [-0.4, -0.2) is 16.1 Å². The van der Waals surface area contributed by atoms with Gasteiger partial charge in [-0.3, -0.25) is 4.98 Å². The summed E-state index contributed by atoms with van der Waals surface area (Å²) in [6.45, 7) is 3.62. The van der Waals surface area contributed by atoms with E-state index in [1.807, 2.05) is 25.1 Å². The summed E-state index contributed by atoms with van der Waals surface area (Å²) in [5.74, 6) is -1.06. The van der Waals surface area contributed by atoms with E-state index >= 15 is 0 Å². The number of halogens is 1. The predicted molar refractivity (Wildman–Crippen MR) is 80.7 cm³/mol. The van der Waals surface area contributed by atoms with Crippen LogP contribution in [0.5, 0.6) is 0 Å². The highest BCUT2D eigenvalue weighted by molar-refractivity contribution is 14.1. The topological polar surface area (TPSA) is 63.3 Å². The number of carboxylic acids is 1. The van der Waals surface area contributed by atoms with Crippen LogP contribution in [-0.2, 0) is 0 Å². The molecule has 0 aliphatic rings. The Balaban J connectivity index is 2.56. The molecule has 0 aliphatic heterocycles. The Morgan fingerprint density at radius 3 is 2.79 bits per heavy atom. The second-order valence-corrected chi connectivity index (χ2v) is 5.67. The van der Waals surface area contributed by atoms with Crippen molar-refractivity contribution in [2.45, 2.75) is 13.8 Å². The largest absolute Gasteiger partial charge is 0.475 e. The summed E-state index contributed by atoms with van der Waals surface area (Å²) >= 11 is 2.21. The van der Waals surface area contributed by atoms with Crippen LogP contribution < -0.4 is 0 Å². The van der Waals surface area contributed by atoms with E-state index in [1.54, 1.807) is 6.92 Å². The normalized spacial score (nSPS) is 11.3. The SMILES string of the molecule is Cc1nc2ccc(I)cc2c2oc(C(=O)O)c(C)c12. The van der Waals surface area contributed by atoms with Gasteiger partial charge in [-0.25, -0.2) is 4.79 Å². The minimum Gasteiger partial charge on any atom is -0.475 e. The molecule has 1 N–H and O–H groups in total. The summed E-state index contributed by atoms with van der Waals surface area (Å²) in [5, 5.41) is 10.8. The van der Waals surface area contributed by atoms with E-state index in [-0.39, 0.29) is 5.76 Å². The molecule has 0 saturated carbocycles. The van der Waals surface area contributed by atoms with Gasteiger partial charge in [0.05, 0.1) is 5.52 Å². The maximum Gasteiger partial charge on any atom is 0.372 e. The maximum atomic E-state index is 11.2. The van der Waals surface area contributed by atoms with Crippen LogP contribution in [0.4, 0.5) is 0 Å². The molecule has 0 bridgehead atoms. The molecule has 0 radical (unpaired) electrons. The molecule has 0 aliphatic carbocycles. The molecule has 3 rings (SSSR count). The van der Waals surface area contributed by atoms with Crippen molar-refractivity contribution in [1.29, 1.82) is 0 Å². The number of nitrogens with zero attached hydrogens (tertiary/aromatic N) is 1. The van der Waals surface area contributed by atoms with Crippen LogP contribution in [0, 0.1) is 17.4 Å². The van der Waals surface area contributed by atoms with Gasteiger partial charge >= 0.3 is 5.97 Å². The Hall–Kier alpha value is -1.63. The first kappa shape index (κ1) is 12.4. The first-order valence-corrected chi connectivity index (χ1v) is 6.79. The van der Waals surface area contributed by atoms with Crippen LogP contribution >= 0.6 is 22.6 Å². The molecule has 0 unspecified atom stereocenters. The van der Waals surface area contributed by atoms with Crippen LogP contribution in [0.25, 0.3) is 21.9 Å². The van der Waals surface area contributed by atoms with E-state index in [0.29, 0.717) is 11.1 Å². The van der Waals surface area contributed by atoms with Crippen LogP contribution in [0.1, 0.15) is 21.8 Å². The fourth-order valence-corrected chi connectivity index (χ4v) is 2.86. The van der Waals surface area contributed by atoms with Crippen molar-refractivity contribution in [3.63, 3.8) is 0 Å². The summed E-state index contributed by atoms with van der Waals surface area (Å²) in [6.07, 6.45) is 0. The molecule has 3 aromatic rings. The Kier molecular flexibility index (Phi) is 2.74. The van der Waals surface area contributed by atoms with Crippen molar-refractivity contribution < 1.29 is 14.3 Å². The molecule has 0 saturated heterocycles. The number of hydrogen-bond acceptors (Lipinski definition) is 3. The summed E-state index contributed by atoms with van der Waals surface area (Å²) in [7, 11) is 0. The number of fused-ring (bicyclic) bond motifs is 3. The highest BCUT2D eigenvalue weighted by Gasteiger charge is 2.20. The van der Waals surface area contributed by atoms with Crippen LogP contribution in [0.3, 0.4) is 0 Å². The zero-order valence-electron chi connectivity index (χ0n) is 10.3. The lowest BCUT2D eigenvalue weighted by Crippen LogP contribution is -1.95. The molecule has 5 heteroatoms. The van der Waals surface area contributed by atoms with Gasteiger partial charge in [-0.15, -0.1) is 0 Å². The number of pyridine rings is 1. The molecule has 0 atom stereocenters. The monoisotopic (exact) mass is 367 g/mol. The number of aromatic carboxylic acids is 1. The Morgan fingerprint density at radius 1 is 1.37 bits per heavy atom. The number of aryl methyl sites for hydroxylation is 2. The lowest BCUT2D eigenvalue weighted by molar-refractivity contribution is 0.0664. The minimum absolute atomic E-state index is 0.00809. The Bertz CT molecular complexity index is 836. The van der Waals surface area contributed by atoms with Crippen molar-refractivity contribution in [2.75, 3.05) is 0 Å². The van der Waals surface area contributed by atoms with Crippen molar-refractivity contribution in [2.24, 2.45) is 0 Å². The van der Waals surface area contributed by atoms with Gasteiger partial charge in [0.15, 0.2) is 0 Å². The predicted octanol–water partition coefficient (Wildman–Crippen LogP) is 3.90. The number of rotatable bonds is 1. The standard InChI is InChI=1S/C14H10INO3/c1-6-11-7(2)16-10-4-3-8(15)5-9(10)13(11)19-12(6)14(17)18/h3-5H,1-2H3,(H,17,18). The average Bonchev–Trinajstić information content (AvgIpc) is 2.69. The maximum absolute atomic E-state index is 11.2. The van der Waals surface area contributed by atoms with E-state index in [9.17, 15) is 4.79 Å². The van der Waals surface area contributed by atoms with Gasteiger partial charge < -0.3 is 9.52 Å². The number of aromatic nitrogens is 1. The molecule has 1 aromatic carbocycles. The zero-order chi connectivity index (χ0) is 13.7. The molecule has 19 heavy (non-hydrogen) atoms. The van der Waals surface area contributed by atoms with Gasteiger partial charge in [-0.05, 0) is 54.6 Å². The third-order valence-electron chi connectivity index (χ3n) is 3.19. The third-order valence-corrected chi connectivity index (χ3v) is 3.87. The quantitative estimate of drug-likeness (QED) is 0.663. The van der Waals surface area contributed by atoms with Crippen molar-refractivity contribution >= 4 is 50.4 Å². The average molecular weight is 367 g/mol. The molecule has 2 aromatic heterocycles. The van der Waals surface area contributed by atoms with Crippen LogP contribution in [0.15, 0.2) is 22.6 Å². The number of benzene rings is 1. The Labute approximate surface area is 122 Å². The van der Waals surface area contributed by atoms with Crippen molar-refractivity contribution in [3.05, 3.63) is 38.8 Å². The van der Waals surface area contributed by atoms with Gasteiger partial charge in [-0.2, -0.15) is 0 Å². The Morgan fingerprint density at radius 2 is 2.11 bits per heavy atom. The van der Waals surface area contributed by atoms with E-state index in [1.165, 1.54) is 0 Å². The summed E-state index contributed by atoms with van der Waals surface area (Å²) in [5.41, 5.74) is 2.85. The molecule has 0 spiro atoms. The smallest absolute Gasteiger partial charge is 0.372 e. The fraction of sp³-hybridized carbons (Fsp3) is 0.143. The van der Waals surface area contributed by atoms with Gasteiger partial charge in [0.25, 0.3) is 0 Å². The second-order valence-electron chi connectivity index (χ2n) is 4.42. The van der Waals surface area contributed by atoms with E-state index in [4.69, 9.17) is 9.52 Å². The lowest BCUT2D eigenvalue weighted by Gasteiger charge is -2.02. The van der Waals surface area contributed by atoms with Crippen LogP contribution in [0.2, 0.25) is 0 Å².